The average molecular weight is 324 g/mol. The minimum atomic E-state index is -2.92. The van der Waals surface area contributed by atoms with Gasteiger partial charge < -0.3 is 4.74 Å². The summed E-state index contributed by atoms with van der Waals surface area (Å²) in [6.45, 7) is 0.936. The van der Waals surface area contributed by atoms with Crippen molar-refractivity contribution in [2.75, 3.05) is 19.9 Å². The standard InChI is InChI=1S/C17H17F3N2O/c1-11-14(9-22-4-5-23-10-22)6-13(8-21-11)12-2-3-16(18)15(7-12)17(19)20/h2-3,6-8,17H,4-5,9-10H2,1H3/i9D2. The SMILES string of the molecule is [2H]C([2H])(c1cc(-c2ccc(F)c(C(F)F)c2)cnc1C)N1CCOC1. The first-order valence-corrected chi connectivity index (χ1v) is 7.18. The molecule has 0 saturated carbocycles. The zero-order chi connectivity index (χ0) is 18.2. The molecule has 0 unspecified atom stereocenters. The molecule has 1 saturated heterocycles. The molecule has 1 aliphatic heterocycles. The van der Waals surface area contributed by atoms with Crippen LogP contribution in [0.4, 0.5) is 13.2 Å². The van der Waals surface area contributed by atoms with Crippen LogP contribution in [0.25, 0.3) is 11.1 Å². The number of hydrogen-bond donors (Lipinski definition) is 0. The third-order valence-electron chi connectivity index (χ3n) is 3.68. The van der Waals surface area contributed by atoms with Crippen LogP contribution >= 0.6 is 0 Å². The number of rotatable bonds is 4. The lowest BCUT2D eigenvalue weighted by atomic mass is 10.0. The predicted molar refractivity (Wildman–Crippen MR) is 80.6 cm³/mol. The first-order chi connectivity index (χ1) is 11.8. The molecular weight excluding hydrogens is 305 g/mol. The number of hydrogen-bond acceptors (Lipinski definition) is 3. The minimum Gasteiger partial charge on any atom is -0.365 e. The lowest BCUT2D eigenvalue weighted by Crippen LogP contribution is -2.20. The summed E-state index contributed by atoms with van der Waals surface area (Å²) in [5.74, 6) is -0.969. The van der Waals surface area contributed by atoms with E-state index < -0.39 is 24.3 Å². The molecule has 1 aliphatic rings. The molecule has 1 aromatic heterocycles. The first-order valence-electron chi connectivity index (χ1n) is 8.18. The third kappa shape index (κ3) is 3.54. The van der Waals surface area contributed by atoms with E-state index in [0.717, 1.165) is 12.1 Å². The molecule has 0 atom stereocenters. The Labute approximate surface area is 135 Å². The highest BCUT2D eigenvalue weighted by atomic mass is 19.3. The van der Waals surface area contributed by atoms with Crippen LogP contribution in [-0.2, 0) is 11.2 Å². The highest BCUT2D eigenvalue weighted by molar-refractivity contribution is 5.64. The van der Waals surface area contributed by atoms with E-state index in [2.05, 4.69) is 4.98 Å². The van der Waals surface area contributed by atoms with Crippen molar-refractivity contribution < 1.29 is 20.6 Å². The Morgan fingerprint density at radius 2 is 2.17 bits per heavy atom. The van der Waals surface area contributed by atoms with E-state index in [1.54, 1.807) is 13.0 Å². The highest BCUT2D eigenvalue weighted by Crippen LogP contribution is 2.29. The number of pyridine rings is 1. The number of aromatic nitrogens is 1. The second-order valence-corrected chi connectivity index (χ2v) is 5.31. The largest absolute Gasteiger partial charge is 0.365 e. The Morgan fingerprint density at radius 3 is 2.87 bits per heavy atom. The average Bonchev–Trinajstić information content (AvgIpc) is 3.11. The fourth-order valence-corrected chi connectivity index (χ4v) is 2.37. The van der Waals surface area contributed by atoms with Crippen LogP contribution in [0.5, 0.6) is 0 Å². The van der Waals surface area contributed by atoms with Crippen LogP contribution in [0.3, 0.4) is 0 Å². The van der Waals surface area contributed by atoms with Crippen molar-refractivity contribution >= 4 is 0 Å². The number of alkyl halides is 2. The van der Waals surface area contributed by atoms with E-state index in [-0.39, 0.29) is 6.73 Å². The summed E-state index contributed by atoms with van der Waals surface area (Å²) in [6, 6.07) is 5.01. The van der Waals surface area contributed by atoms with Crippen LogP contribution in [0.1, 0.15) is 26.0 Å². The fourth-order valence-electron chi connectivity index (χ4n) is 2.37. The zero-order valence-corrected chi connectivity index (χ0v) is 12.5. The molecule has 6 heteroatoms. The van der Waals surface area contributed by atoms with Crippen LogP contribution in [0, 0.1) is 12.7 Å². The molecule has 1 aromatic carbocycles. The lowest BCUT2D eigenvalue weighted by molar-refractivity contribution is 0.137. The van der Waals surface area contributed by atoms with E-state index in [0.29, 0.717) is 35.5 Å². The number of aryl methyl sites for hydroxylation is 1. The number of benzene rings is 1. The Kier molecular flexibility index (Phi) is 3.92. The van der Waals surface area contributed by atoms with Gasteiger partial charge in [-0.15, -0.1) is 0 Å². The van der Waals surface area contributed by atoms with Crippen LogP contribution < -0.4 is 0 Å². The van der Waals surface area contributed by atoms with Crippen LogP contribution in [-0.4, -0.2) is 29.8 Å². The molecule has 0 radical (unpaired) electrons. The Balaban J connectivity index is 2.04. The number of nitrogens with zero attached hydrogens (tertiary/aromatic N) is 2. The van der Waals surface area contributed by atoms with Gasteiger partial charge in [0, 0.05) is 33.2 Å². The maximum Gasteiger partial charge on any atom is 0.266 e. The second-order valence-electron chi connectivity index (χ2n) is 5.31. The summed E-state index contributed by atoms with van der Waals surface area (Å²) in [6.07, 6.45) is -1.45. The summed E-state index contributed by atoms with van der Waals surface area (Å²) in [4.78, 5) is 5.74. The molecule has 3 nitrogen and oxygen atoms in total. The van der Waals surface area contributed by atoms with E-state index in [1.807, 2.05) is 0 Å². The van der Waals surface area contributed by atoms with E-state index >= 15 is 0 Å². The maximum absolute atomic E-state index is 13.5. The van der Waals surface area contributed by atoms with Gasteiger partial charge in [0.15, 0.2) is 0 Å². The first kappa shape index (κ1) is 13.5. The normalized spacial score (nSPS) is 17.4. The second kappa shape index (κ2) is 6.68. The van der Waals surface area contributed by atoms with Gasteiger partial charge in [0.2, 0.25) is 0 Å². The summed E-state index contributed by atoms with van der Waals surface area (Å²) < 4.78 is 61.4. The molecule has 23 heavy (non-hydrogen) atoms. The predicted octanol–water partition coefficient (Wildman–Crippen LogP) is 3.92. The molecule has 1 fully saturated rings. The molecule has 3 rings (SSSR count). The Hall–Kier alpha value is -1.92. The molecule has 0 spiro atoms. The minimum absolute atomic E-state index is 0.169. The van der Waals surface area contributed by atoms with Gasteiger partial charge in [0.05, 0.1) is 18.9 Å². The molecule has 122 valence electrons. The van der Waals surface area contributed by atoms with Gasteiger partial charge in [-0.05, 0) is 36.2 Å². The van der Waals surface area contributed by atoms with Crippen molar-refractivity contribution in [3.63, 3.8) is 0 Å². The van der Waals surface area contributed by atoms with Gasteiger partial charge in [0.1, 0.15) is 5.82 Å². The van der Waals surface area contributed by atoms with Crippen molar-refractivity contribution in [2.24, 2.45) is 0 Å². The van der Waals surface area contributed by atoms with Gasteiger partial charge >= 0.3 is 0 Å². The Bertz CT molecular complexity index is 780. The molecule has 0 N–H and O–H groups in total. The molecule has 0 amide bonds. The van der Waals surface area contributed by atoms with Crippen molar-refractivity contribution in [3.05, 3.63) is 53.1 Å². The van der Waals surface area contributed by atoms with Gasteiger partial charge in [-0.2, -0.15) is 0 Å². The van der Waals surface area contributed by atoms with Gasteiger partial charge in [0.25, 0.3) is 6.43 Å². The topological polar surface area (TPSA) is 25.4 Å². The summed E-state index contributed by atoms with van der Waals surface area (Å²) in [5.41, 5.74) is 0.955. The summed E-state index contributed by atoms with van der Waals surface area (Å²) >= 11 is 0. The fraction of sp³-hybridized carbons (Fsp3) is 0.353. The smallest absolute Gasteiger partial charge is 0.266 e. The zero-order valence-electron chi connectivity index (χ0n) is 14.5. The Morgan fingerprint density at radius 1 is 1.35 bits per heavy atom. The van der Waals surface area contributed by atoms with Gasteiger partial charge in [-0.1, -0.05) is 6.07 Å². The summed E-state index contributed by atoms with van der Waals surface area (Å²) in [5, 5.41) is 0. The van der Waals surface area contributed by atoms with Crippen molar-refractivity contribution in [2.45, 2.75) is 19.8 Å². The quantitative estimate of drug-likeness (QED) is 0.852. The molecule has 0 bridgehead atoms. The van der Waals surface area contributed by atoms with Crippen molar-refractivity contribution in [3.8, 4) is 11.1 Å². The number of halogens is 3. The van der Waals surface area contributed by atoms with Crippen molar-refractivity contribution in [1.82, 2.24) is 9.88 Å². The van der Waals surface area contributed by atoms with E-state index in [1.165, 1.54) is 17.2 Å². The molecule has 2 aromatic rings. The van der Waals surface area contributed by atoms with E-state index in [4.69, 9.17) is 7.48 Å². The third-order valence-corrected chi connectivity index (χ3v) is 3.68. The molecule has 0 aliphatic carbocycles. The summed E-state index contributed by atoms with van der Waals surface area (Å²) in [7, 11) is 0. The molecule has 2 heterocycles. The van der Waals surface area contributed by atoms with Gasteiger partial charge in [-0.3, -0.25) is 9.88 Å². The van der Waals surface area contributed by atoms with Crippen LogP contribution in [0.2, 0.25) is 0 Å². The maximum atomic E-state index is 13.5. The monoisotopic (exact) mass is 324 g/mol. The lowest BCUT2D eigenvalue weighted by Gasteiger charge is -2.15. The highest BCUT2D eigenvalue weighted by Gasteiger charge is 2.16. The molecular formula is C17H17F3N2O. The number of ether oxygens (including phenoxy) is 1. The van der Waals surface area contributed by atoms with Crippen LogP contribution in [0.15, 0.2) is 30.5 Å². The van der Waals surface area contributed by atoms with Gasteiger partial charge in [-0.25, -0.2) is 13.2 Å². The van der Waals surface area contributed by atoms with Crippen molar-refractivity contribution in [1.29, 1.82) is 0 Å². The van der Waals surface area contributed by atoms with E-state index in [9.17, 15) is 13.2 Å².